The fraction of sp³-hybridized carbons (Fsp3) is 0.267. The minimum atomic E-state index is -0.399. The minimum absolute atomic E-state index is 0.183. The van der Waals surface area contributed by atoms with Gasteiger partial charge in [-0.3, -0.25) is 9.47 Å². The summed E-state index contributed by atoms with van der Waals surface area (Å²) in [6, 6.07) is 5.60. The first kappa shape index (κ1) is 14.8. The van der Waals surface area contributed by atoms with Gasteiger partial charge in [-0.2, -0.15) is 0 Å². The van der Waals surface area contributed by atoms with Gasteiger partial charge in [0.2, 0.25) is 0 Å². The number of carbonyl (C=O) groups is 1. The van der Waals surface area contributed by atoms with Crippen LogP contribution in [-0.4, -0.2) is 40.0 Å². The molecule has 0 aliphatic carbocycles. The van der Waals surface area contributed by atoms with Crippen LogP contribution in [0.2, 0.25) is 0 Å². The van der Waals surface area contributed by atoms with Crippen LogP contribution in [0.5, 0.6) is 5.75 Å². The SMILES string of the molecule is NC(=S)NC[C@H]1CN(c2ccc3c(c2)OCc2nccn2-3)C(=O)O1. The summed E-state index contributed by atoms with van der Waals surface area (Å²) in [5, 5.41) is 2.99. The lowest BCUT2D eigenvalue weighted by Crippen LogP contribution is -2.37. The first-order chi connectivity index (χ1) is 11.6. The van der Waals surface area contributed by atoms with Gasteiger partial charge in [-0.05, 0) is 24.4 Å². The van der Waals surface area contributed by atoms with Crippen molar-refractivity contribution in [2.45, 2.75) is 12.7 Å². The van der Waals surface area contributed by atoms with E-state index in [0.29, 0.717) is 25.4 Å². The molecule has 0 spiro atoms. The zero-order valence-corrected chi connectivity index (χ0v) is 13.5. The number of cyclic esters (lactones) is 1. The van der Waals surface area contributed by atoms with Crippen molar-refractivity contribution in [2.75, 3.05) is 18.0 Å². The molecule has 1 aromatic carbocycles. The maximum Gasteiger partial charge on any atom is 0.414 e. The van der Waals surface area contributed by atoms with Gasteiger partial charge in [0, 0.05) is 18.5 Å². The number of hydrogen-bond acceptors (Lipinski definition) is 5. The van der Waals surface area contributed by atoms with Gasteiger partial charge < -0.3 is 20.5 Å². The molecule has 24 heavy (non-hydrogen) atoms. The van der Waals surface area contributed by atoms with E-state index >= 15 is 0 Å². The lowest BCUT2D eigenvalue weighted by molar-refractivity contribution is 0.143. The summed E-state index contributed by atoms with van der Waals surface area (Å²) < 4.78 is 13.0. The molecule has 3 heterocycles. The Morgan fingerprint density at radius 3 is 3.21 bits per heavy atom. The first-order valence-corrected chi connectivity index (χ1v) is 7.83. The molecule has 0 saturated carbocycles. The Balaban J connectivity index is 1.56. The predicted octanol–water partition coefficient (Wildman–Crippen LogP) is 0.923. The molecule has 1 fully saturated rings. The Labute approximate surface area is 143 Å². The van der Waals surface area contributed by atoms with Crippen LogP contribution in [0, 0.1) is 0 Å². The van der Waals surface area contributed by atoms with Gasteiger partial charge in [0.1, 0.15) is 18.5 Å². The van der Waals surface area contributed by atoms with Crippen molar-refractivity contribution < 1.29 is 14.3 Å². The van der Waals surface area contributed by atoms with E-state index in [1.807, 2.05) is 29.0 Å². The van der Waals surface area contributed by atoms with Crippen LogP contribution in [0.25, 0.3) is 5.69 Å². The summed E-state index contributed by atoms with van der Waals surface area (Å²) >= 11 is 4.76. The van der Waals surface area contributed by atoms with E-state index in [0.717, 1.165) is 17.2 Å². The molecular weight excluding hydrogens is 330 g/mol. The highest BCUT2D eigenvalue weighted by atomic mass is 32.1. The number of nitrogens with one attached hydrogen (secondary N) is 1. The van der Waals surface area contributed by atoms with E-state index in [9.17, 15) is 4.79 Å². The number of ether oxygens (including phenoxy) is 2. The predicted molar refractivity (Wildman–Crippen MR) is 90.3 cm³/mol. The van der Waals surface area contributed by atoms with Crippen LogP contribution in [0.1, 0.15) is 5.82 Å². The highest BCUT2D eigenvalue weighted by Gasteiger charge is 2.33. The number of rotatable bonds is 3. The van der Waals surface area contributed by atoms with Crippen LogP contribution in [0.3, 0.4) is 0 Å². The lowest BCUT2D eigenvalue weighted by atomic mass is 10.2. The van der Waals surface area contributed by atoms with E-state index in [4.69, 9.17) is 27.4 Å². The molecule has 2 aromatic rings. The second-order valence-electron chi connectivity index (χ2n) is 5.52. The summed E-state index contributed by atoms with van der Waals surface area (Å²) in [6.07, 6.45) is 2.91. The second-order valence-corrected chi connectivity index (χ2v) is 5.96. The van der Waals surface area contributed by atoms with Gasteiger partial charge >= 0.3 is 6.09 Å². The molecule has 0 radical (unpaired) electrons. The number of thiocarbonyl (C=S) groups is 1. The standard InChI is InChI=1S/C15H15N5O3S/c16-14(24)18-6-10-7-20(15(21)23-10)9-1-2-11-12(5-9)22-8-13-17-3-4-19(11)13/h1-5,10H,6-8H2,(H3,16,18,24)/t10-/m0/s1. The molecule has 1 amide bonds. The van der Waals surface area contributed by atoms with E-state index in [2.05, 4.69) is 10.3 Å². The van der Waals surface area contributed by atoms with Crippen molar-refractivity contribution in [2.24, 2.45) is 5.73 Å². The molecule has 2 aliphatic rings. The highest BCUT2D eigenvalue weighted by Crippen LogP contribution is 2.34. The Hall–Kier alpha value is -2.81. The minimum Gasteiger partial charge on any atom is -0.483 e. The third kappa shape index (κ3) is 2.52. The number of anilines is 1. The monoisotopic (exact) mass is 345 g/mol. The molecule has 1 saturated heterocycles. The Morgan fingerprint density at radius 1 is 1.50 bits per heavy atom. The largest absolute Gasteiger partial charge is 0.483 e. The molecular formula is C15H15N5O3S. The van der Waals surface area contributed by atoms with Crippen molar-refractivity contribution in [3.63, 3.8) is 0 Å². The molecule has 0 bridgehead atoms. The third-order valence-corrected chi connectivity index (χ3v) is 4.11. The maximum atomic E-state index is 12.1. The van der Waals surface area contributed by atoms with Crippen molar-refractivity contribution >= 4 is 29.1 Å². The molecule has 9 heteroatoms. The molecule has 1 atom stereocenters. The van der Waals surface area contributed by atoms with Gasteiger partial charge in [-0.1, -0.05) is 0 Å². The first-order valence-electron chi connectivity index (χ1n) is 7.43. The number of hydrogen-bond donors (Lipinski definition) is 2. The average molecular weight is 345 g/mol. The number of benzene rings is 1. The van der Waals surface area contributed by atoms with Crippen molar-refractivity contribution in [1.82, 2.24) is 14.9 Å². The molecule has 4 rings (SSSR count). The zero-order chi connectivity index (χ0) is 16.7. The summed E-state index contributed by atoms with van der Waals surface area (Å²) in [6.45, 7) is 1.20. The van der Waals surface area contributed by atoms with Gasteiger partial charge in [0.25, 0.3) is 0 Å². The Morgan fingerprint density at radius 2 is 2.38 bits per heavy atom. The molecule has 0 unspecified atom stereocenters. The number of aromatic nitrogens is 2. The summed E-state index contributed by atoms with van der Waals surface area (Å²) in [5.41, 5.74) is 7.02. The fourth-order valence-corrected chi connectivity index (χ4v) is 2.92. The number of nitrogens with zero attached hydrogens (tertiary/aromatic N) is 3. The quantitative estimate of drug-likeness (QED) is 0.799. The Bertz CT molecular complexity index is 821. The van der Waals surface area contributed by atoms with Gasteiger partial charge in [0.05, 0.1) is 24.5 Å². The summed E-state index contributed by atoms with van der Waals surface area (Å²) in [4.78, 5) is 17.9. The molecule has 1 aromatic heterocycles. The van der Waals surface area contributed by atoms with Crippen molar-refractivity contribution in [1.29, 1.82) is 0 Å². The van der Waals surface area contributed by atoms with Crippen LogP contribution in [-0.2, 0) is 11.3 Å². The second kappa shape index (κ2) is 5.68. The molecule has 124 valence electrons. The van der Waals surface area contributed by atoms with E-state index in [1.54, 1.807) is 11.1 Å². The van der Waals surface area contributed by atoms with Crippen LogP contribution >= 0.6 is 12.2 Å². The smallest absolute Gasteiger partial charge is 0.414 e. The van der Waals surface area contributed by atoms with Gasteiger partial charge in [0.15, 0.2) is 10.9 Å². The molecule has 3 N–H and O–H groups in total. The summed E-state index contributed by atoms with van der Waals surface area (Å²) in [7, 11) is 0. The fourth-order valence-electron chi connectivity index (χ4n) is 2.84. The maximum absolute atomic E-state index is 12.1. The normalized spacial score (nSPS) is 18.4. The van der Waals surface area contributed by atoms with Gasteiger partial charge in [-0.15, -0.1) is 0 Å². The van der Waals surface area contributed by atoms with Crippen molar-refractivity contribution in [3.05, 3.63) is 36.4 Å². The van der Waals surface area contributed by atoms with Crippen molar-refractivity contribution in [3.8, 4) is 11.4 Å². The van der Waals surface area contributed by atoms with Crippen LogP contribution in [0.4, 0.5) is 10.5 Å². The molecule has 2 aliphatic heterocycles. The van der Waals surface area contributed by atoms with E-state index in [1.165, 1.54) is 0 Å². The number of carbonyl (C=O) groups excluding carboxylic acids is 1. The van der Waals surface area contributed by atoms with E-state index in [-0.39, 0.29) is 11.2 Å². The lowest BCUT2D eigenvalue weighted by Gasteiger charge is -2.22. The van der Waals surface area contributed by atoms with Crippen LogP contribution in [0.15, 0.2) is 30.6 Å². The third-order valence-electron chi connectivity index (χ3n) is 3.97. The zero-order valence-electron chi connectivity index (χ0n) is 12.6. The summed E-state index contributed by atoms with van der Waals surface area (Å²) in [5.74, 6) is 1.55. The topological polar surface area (TPSA) is 94.6 Å². The number of fused-ring (bicyclic) bond motifs is 3. The Kier molecular flexibility index (Phi) is 3.49. The number of nitrogens with two attached hydrogens (primary N) is 1. The molecule has 8 nitrogen and oxygen atoms in total. The van der Waals surface area contributed by atoms with E-state index < -0.39 is 6.09 Å². The van der Waals surface area contributed by atoms with Crippen LogP contribution < -0.4 is 20.7 Å². The number of imidazole rings is 1. The number of amides is 1. The average Bonchev–Trinajstić information content (AvgIpc) is 3.18. The van der Waals surface area contributed by atoms with Gasteiger partial charge in [-0.25, -0.2) is 9.78 Å². The highest BCUT2D eigenvalue weighted by molar-refractivity contribution is 7.80.